The normalized spacial score (nSPS) is 31.4. The molecule has 0 radical (unpaired) electrons. The van der Waals surface area contributed by atoms with Crippen molar-refractivity contribution in [3.8, 4) is 0 Å². The molecule has 1 aliphatic rings. The summed E-state index contributed by atoms with van der Waals surface area (Å²) in [5.41, 5.74) is -0.0134. The Kier molecular flexibility index (Phi) is 8.27. The number of ether oxygens (including phenoxy) is 2. The third-order valence-electron chi connectivity index (χ3n) is 4.67. The Labute approximate surface area is 130 Å². The van der Waals surface area contributed by atoms with Gasteiger partial charge in [-0.3, -0.25) is 4.79 Å². The third-order valence-corrected chi connectivity index (χ3v) is 4.67. The lowest BCUT2D eigenvalue weighted by Crippen LogP contribution is -2.34. The highest BCUT2D eigenvalue weighted by molar-refractivity contribution is 5.69. The van der Waals surface area contributed by atoms with Crippen LogP contribution in [0.4, 0.5) is 0 Å². The van der Waals surface area contributed by atoms with Crippen molar-refractivity contribution in [2.24, 2.45) is 5.92 Å². The Morgan fingerprint density at radius 2 is 2.05 bits per heavy atom. The number of nitrogens with zero attached hydrogens (tertiary/aromatic N) is 1. The number of cyclic esters (lactones) is 1. The summed E-state index contributed by atoms with van der Waals surface area (Å²) in [7, 11) is 3.97. The van der Waals surface area contributed by atoms with Crippen molar-refractivity contribution >= 4 is 5.97 Å². The van der Waals surface area contributed by atoms with Gasteiger partial charge in [0.1, 0.15) is 0 Å². The number of carbonyl (C=O) groups is 1. The first kappa shape index (κ1) is 18.4. The zero-order valence-electron chi connectivity index (χ0n) is 14.3. The molecule has 0 N–H and O–H groups in total. The molecule has 0 spiro atoms. The molecule has 0 aliphatic carbocycles. The van der Waals surface area contributed by atoms with Crippen molar-refractivity contribution in [1.29, 1.82) is 0 Å². The number of carbonyl (C=O) groups excluding carboxylic acids is 1. The van der Waals surface area contributed by atoms with Gasteiger partial charge in [-0.05, 0) is 45.7 Å². The van der Waals surface area contributed by atoms with E-state index in [2.05, 4.69) is 25.8 Å². The van der Waals surface area contributed by atoms with E-state index in [0.717, 1.165) is 51.6 Å². The Bertz CT molecular complexity index is 302. The molecule has 0 aromatic carbocycles. The van der Waals surface area contributed by atoms with Crippen LogP contribution in [-0.2, 0) is 14.3 Å². The Morgan fingerprint density at radius 1 is 1.33 bits per heavy atom. The van der Waals surface area contributed by atoms with Crippen molar-refractivity contribution < 1.29 is 14.3 Å². The number of hydrogen-bond donors (Lipinski definition) is 0. The second kappa shape index (κ2) is 9.42. The molecule has 1 aliphatic heterocycles. The summed E-state index contributed by atoms with van der Waals surface area (Å²) in [6, 6.07) is 0. The van der Waals surface area contributed by atoms with E-state index in [4.69, 9.17) is 9.47 Å². The first-order valence-electron chi connectivity index (χ1n) is 8.40. The van der Waals surface area contributed by atoms with Gasteiger partial charge in [0.05, 0.1) is 12.2 Å². The summed E-state index contributed by atoms with van der Waals surface area (Å²) in [5.74, 6) is 0.335. The molecule has 4 nitrogen and oxygen atoms in total. The quantitative estimate of drug-likeness (QED) is 0.734. The van der Waals surface area contributed by atoms with Crippen molar-refractivity contribution in [3.63, 3.8) is 0 Å². The third kappa shape index (κ3) is 6.79. The number of methoxy groups -OCH3 is 1. The van der Waals surface area contributed by atoms with Gasteiger partial charge in [0.25, 0.3) is 0 Å². The smallest absolute Gasteiger partial charge is 0.305 e. The minimum absolute atomic E-state index is 0.0134. The molecule has 1 heterocycles. The molecule has 21 heavy (non-hydrogen) atoms. The van der Waals surface area contributed by atoms with Gasteiger partial charge in [0.15, 0.2) is 0 Å². The lowest BCUT2D eigenvalue weighted by molar-refractivity contribution is -0.145. The molecule has 0 amide bonds. The first-order chi connectivity index (χ1) is 10.0. The van der Waals surface area contributed by atoms with Gasteiger partial charge in [-0.15, -0.1) is 0 Å². The van der Waals surface area contributed by atoms with Gasteiger partial charge in [-0.2, -0.15) is 0 Å². The molecule has 0 aromatic rings. The molecule has 1 rings (SSSR count). The summed E-state index contributed by atoms with van der Waals surface area (Å²) >= 11 is 0. The second-order valence-electron chi connectivity index (χ2n) is 6.60. The number of esters is 1. The summed E-state index contributed by atoms with van der Waals surface area (Å²) in [5, 5.41) is 0. The molecular weight excluding hydrogens is 266 g/mol. The minimum atomic E-state index is -0.0546. The Balaban J connectivity index is 2.62. The summed E-state index contributed by atoms with van der Waals surface area (Å²) in [6.07, 6.45) is 6.79. The predicted molar refractivity (Wildman–Crippen MR) is 85.4 cm³/mol. The van der Waals surface area contributed by atoms with Gasteiger partial charge >= 0.3 is 5.97 Å². The molecule has 2 atom stereocenters. The Morgan fingerprint density at radius 3 is 2.71 bits per heavy atom. The van der Waals surface area contributed by atoms with E-state index >= 15 is 0 Å². The fourth-order valence-corrected chi connectivity index (χ4v) is 3.20. The average molecular weight is 299 g/mol. The lowest BCUT2D eigenvalue weighted by atomic mass is 9.88. The second-order valence-corrected chi connectivity index (χ2v) is 6.60. The first-order valence-corrected chi connectivity index (χ1v) is 8.40. The molecule has 4 heteroatoms. The minimum Gasteiger partial charge on any atom is -0.465 e. The van der Waals surface area contributed by atoms with Crippen molar-refractivity contribution in [2.45, 2.75) is 64.4 Å². The largest absolute Gasteiger partial charge is 0.465 e. The van der Waals surface area contributed by atoms with Gasteiger partial charge in [0, 0.05) is 26.0 Å². The average Bonchev–Trinajstić information content (AvgIpc) is 2.47. The zero-order chi connectivity index (χ0) is 15.7. The molecule has 0 saturated carbocycles. The van der Waals surface area contributed by atoms with Crippen LogP contribution in [0.2, 0.25) is 0 Å². The summed E-state index contributed by atoms with van der Waals surface area (Å²) < 4.78 is 11.2. The van der Waals surface area contributed by atoms with Crippen LogP contribution in [0.15, 0.2) is 0 Å². The predicted octanol–water partition coefficient (Wildman–Crippen LogP) is 3.25. The summed E-state index contributed by atoms with van der Waals surface area (Å²) in [6.45, 7) is 6.93. The van der Waals surface area contributed by atoms with E-state index < -0.39 is 0 Å². The standard InChI is InChI=1S/C17H33NO3/c1-5-17(20-4)10-7-6-9-16(19)21-14-15(2)13-18(3)12-8-11-17/h15H,5-14H2,1-4H3/t15-,17+/m1/s1. The van der Waals surface area contributed by atoms with Gasteiger partial charge in [0.2, 0.25) is 0 Å². The van der Waals surface area contributed by atoms with E-state index in [-0.39, 0.29) is 11.6 Å². The van der Waals surface area contributed by atoms with Gasteiger partial charge < -0.3 is 14.4 Å². The number of rotatable bonds is 2. The van der Waals surface area contributed by atoms with Crippen LogP contribution in [0.3, 0.4) is 0 Å². The number of hydrogen-bond acceptors (Lipinski definition) is 4. The van der Waals surface area contributed by atoms with Gasteiger partial charge in [-0.1, -0.05) is 20.3 Å². The van der Waals surface area contributed by atoms with E-state index in [0.29, 0.717) is 18.9 Å². The molecule has 1 saturated heterocycles. The molecule has 0 aromatic heterocycles. The summed E-state index contributed by atoms with van der Waals surface area (Å²) in [4.78, 5) is 14.0. The fraction of sp³-hybridized carbons (Fsp3) is 0.941. The highest BCUT2D eigenvalue weighted by Gasteiger charge is 2.27. The van der Waals surface area contributed by atoms with E-state index in [1.165, 1.54) is 0 Å². The topological polar surface area (TPSA) is 38.8 Å². The van der Waals surface area contributed by atoms with Gasteiger partial charge in [-0.25, -0.2) is 0 Å². The van der Waals surface area contributed by atoms with Crippen LogP contribution in [-0.4, -0.2) is 50.3 Å². The van der Waals surface area contributed by atoms with E-state index in [1.807, 2.05) is 7.11 Å². The zero-order valence-corrected chi connectivity index (χ0v) is 14.3. The van der Waals surface area contributed by atoms with Crippen molar-refractivity contribution in [2.75, 3.05) is 33.9 Å². The van der Waals surface area contributed by atoms with Crippen LogP contribution < -0.4 is 0 Å². The molecule has 124 valence electrons. The van der Waals surface area contributed by atoms with Crippen LogP contribution >= 0.6 is 0 Å². The maximum Gasteiger partial charge on any atom is 0.305 e. The van der Waals surface area contributed by atoms with Crippen LogP contribution in [0.25, 0.3) is 0 Å². The maximum absolute atomic E-state index is 11.7. The lowest BCUT2D eigenvalue weighted by Gasteiger charge is -2.33. The van der Waals surface area contributed by atoms with Crippen LogP contribution in [0, 0.1) is 5.92 Å². The van der Waals surface area contributed by atoms with Crippen molar-refractivity contribution in [1.82, 2.24) is 4.90 Å². The molecule has 0 bridgehead atoms. The van der Waals surface area contributed by atoms with Crippen LogP contribution in [0.1, 0.15) is 58.8 Å². The maximum atomic E-state index is 11.7. The molecular formula is C17H33NO3. The highest BCUT2D eigenvalue weighted by Crippen LogP contribution is 2.28. The van der Waals surface area contributed by atoms with Crippen LogP contribution in [0.5, 0.6) is 0 Å². The fourth-order valence-electron chi connectivity index (χ4n) is 3.20. The van der Waals surface area contributed by atoms with Crippen molar-refractivity contribution in [3.05, 3.63) is 0 Å². The van der Waals surface area contributed by atoms with E-state index in [9.17, 15) is 4.79 Å². The Hall–Kier alpha value is -0.610. The molecule has 0 unspecified atom stereocenters. The highest BCUT2D eigenvalue weighted by atomic mass is 16.5. The monoisotopic (exact) mass is 299 g/mol. The SMILES string of the molecule is CC[C@]1(OC)CCCCC(=O)OC[C@H](C)CN(C)CCC1. The molecule has 1 fully saturated rings. The van der Waals surface area contributed by atoms with E-state index in [1.54, 1.807) is 0 Å².